The third-order valence-corrected chi connectivity index (χ3v) is 5.50. The van der Waals surface area contributed by atoms with Gasteiger partial charge in [0, 0.05) is 52.0 Å². The zero-order chi connectivity index (χ0) is 21.0. The van der Waals surface area contributed by atoms with E-state index < -0.39 is 0 Å². The maximum absolute atomic E-state index is 5.28. The predicted molar refractivity (Wildman–Crippen MR) is 141 cm³/mol. The number of nitrogens with zero attached hydrogens (tertiary/aromatic N) is 3. The largest absolute Gasteiger partial charge is 0.497 e. The van der Waals surface area contributed by atoms with Gasteiger partial charge in [0.25, 0.3) is 0 Å². The second-order valence-corrected chi connectivity index (χ2v) is 7.58. The van der Waals surface area contributed by atoms with Crippen molar-refractivity contribution in [1.29, 1.82) is 0 Å². The normalized spacial score (nSPS) is 14.6. The van der Waals surface area contributed by atoms with Crippen molar-refractivity contribution in [3.63, 3.8) is 0 Å². The van der Waals surface area contributed by atoms with Crippen molar-refractivity contribution in [2.75, 3.05) is 58.3 Å². The molecule has 1 aliphatic heterocycles. The minimum absolute atomic E-state index is 0. The molecule has 2 aromatic rings. The van der Waals surface area contributed by atoms with E-state index in [2.05, 4.69) is 61.8 Å². The van der Waals surface area contributed by atoms with Crippen LogP contribution in [0.1, 0.15) is 18.4 Å². The van der Waals surface area contributed by atoms with Crippen LogP contribution in [-0.4, -0.2) is 64.3 Å². The highest BCUT2D eigenvalue weighted by Gasteiger charge is 2.16. The summed E-state index contributed by atoms with van der Waals surface area (Å²) in [5.74, 6) is 1.72. The fourth-order valence-corrected chi connectivity index (χ4v) is 3.72. The van der Waals surface area contributed by atoms with Crippen LogP contribution < -0.4 is 20.3 Å². The Bertz CT molecular complexity index is 779. The number of aliphatic imine (C=N–C) groups is 1. The monoisotopic (exact) mass is 537 g/mol. The van der Waals surface area contributed by atoms with Gasteiger partial charge < -0.3 is 20.3 Å². The van der Waals surface area contributed by atoms with Crippen LogP contribution >= 0.6 is 24.0 Å². The van der Waals surface area contributed by atoms with E-state index in [0.717, 1.165) is 57.4 Å². The van der Waals surface area contributed by atoms with E-state index in [1.807, 2.05) is 25.2 Å². The number of rotatable bonds is 9. The van der Waals surface area contributed by atoms with Crippen LogP contribution in [0.4, 0.5) is 5.69 Å². The number of para-hydroxylation sites is 1. The number of nitrogens with one attached hydrogen (secondary N) is 2. The summed E-state index contributed by atoms with van der Waals surface area (Å²) < 4.78 is 5.28. The van der Waals surface area contributed by atoms with Crippen molar-refractivity contribution in [2.24, 2.45) is 4.99 Å². The standard InChI is InChI=1S/C24H35N5O.HI/c1-25-24(27-20-21-9-8-12-23(19-21)30-2)26-13-6-7-14-28-15-17-29(18-16-28)22-10-4-3-5-11-22;/h3-5,8-12,19H,6-7,13-18,20H2,1-2H3,(H2,25,26,27);1H. The molecule has 170 valence electrons. The molecule has 2 N–H and O–H groups in total. The maximum Gasteiger partial charge on any atom is 0.191 e. The number of piperazine rings is 1. The van der Waals surface area contributed by atoms with Gasteiger partial charge in [-0.2, -0.15) is 0 Å². The maximum atomic E-state index is 5.28. The van der Waals surface area contributed by atoms with E-state index in [4.69, 9.17) is 4.74 Å². The van der Waals surface area contributed by atoms with Gasteiger partial charge in [0.2, 0.25) is 0 Å². The first kappa shape index (κ1) is 25.3. The molecule has 0 saturated carbocycles. The van der Waals surface area contributed by atoms with Gasteiger partial charge in [-0.3, -0.25) is 9.89 Å². The highest BCUT2D eigenvalue weighted by molar-refractivity contribution is 14.0. The quantitative estimate of drug-likeness (QED) is 0.222. The van der Waals surface area contributed by atoms with Crippen molar-refractivity contribution in [3.8, 4) is 5.75 Å². The molecule has 1 aliphatic rings. The van der Waals surface area contributed by atoms with E-state index >= 15 is 0 Å². The average Bonchev–Trinajstić information content (AvgIpc) is 2.82. The lowest BCUT2D eigenvalue weighted by molar-refractivity contribution is 0.253. The molecule has 0 amide bonds. The second kappa shape index (κ2) is 14.1. The van der Waals surface area contributed by atoms with Crippen LogP contribution in [0, 0.1) is 0 Å². The fraction of sp³-hybridized carbons (Fsp3) is 0.458. The molecule has 31 heavy (non-hydrogen) atoms. The molecule has 0 spiro atoms. The second-order valence-electron chi connectivity index (χ2n) is 7.58. The summed E-state index contributed by atoms with van der Waals surface area (Å²) in [6.45, 7) is 7.34. The van der Waals surface area contributed by atoms with Gasteiger partial charge in [-0.15, -0.1) is 24.0 Å². The molecule has 0 bridgehead atoms. The summed E-state index contributed by atoms with van der Waals surface area (Å²) in [5.41, 5.74) is 2.51. The molecule has 2 aromatic carbocycles. The van der Waals surface area contributed by atoms with Gasteiger partial charge >= 0.3 is 0 Å². The highest BCUT2D eigenvalue weighted by Crippen LogP contribution is 2.15. The molecule has 1 heterocycles. The zero-order valence-electron chi connectivity index (χ0n) is 18.7. The Labute approximate surface area is 204 Å². The van der Waals surface area contributed by atoms with Crippen LogP contribution in [0.15, 0.2) is 59.6 Å². The molecule has 0 radical (unpaired) electrons. The molecule has 7 heteroatoms. The molecular formula is C24H36IN5O. The third-order valence-electron chi connectivity index (χ3n) is 5.50. The fourth-order valence-electron chi connectivity index (χ4n) is 3.72. The average molecular weight is 537 g/mol. The summed E-state index contributed by atoms with van der Waals surface area (Å²) in [5, 5.41) is 6.78. The summed E-state index contributed by atoms with van der Waals surface area (Å²) in [7, 11) is 3.50. The van der Waals surface area contributed by atoms with Crippen LogP contribution in [0.25, 0.3) is 0 Å². The van der Waals surface area contributed by atoms with Crippen molar-refractivity contribution >= 4 is 35.6 Å². The molecule has 6 nitrogen and oxygen atoms in total. The lowest BCUT2D eigenvalue weighted by Gasteiger charge is -2.36. The number of anilines is 1. The SMILES string of the molecule is CN=C(NCCCCN1CCN(c2ccccc2)CC1)NCc1cccc(OC)c1.I. The van der Waals surface area contributed by atoms with E-state index in [1.54, 1.807) is 7.11 Å². The number of ether oxygens (including phenoxy) is 1. The summed E-state index contributed by atoms with van der Waals surface area (Å²) >= 11 is 0. The molecule has 0 atom stereocenters. The summed E-state index contributed by atoms with van der Waals surface area (Å²) in [4.78, 5) is 9.38. The Balaban J connectivity index is 0.00000341. The number of halogens is 1. The first-order valence-corrected chi connectivity index (χ1v) is 10.9. The number of methoxy groups -OCH3 is 1. The van der Waals surface area contributed by atoms with Crippen LogP contribution in [0.2, 0.25) is 0 Å². The molecule has 0 unspecified atom stereocenters. The van der Waals surface area contributed by atoms with Crippen molar-refractivity contribution in [1.82, 2.24) is 15.5 Å². The number of unbranched alkanes of at least 4 members (excludes halogenated alkanes) is 1. The molecular weight excluding hydrogens is 501 g/mol. The smallest absolute Gasteiger partial charge is 0.191 e. The van der Waals surface area contributed by atoms with Gasteiger partial charge in [0.1, 0.15) is 5.75 Å². The van der Waals surface area contributed by atoms with E-state index in [9.17, 15) is 0 Å². The predicted octanol–water partition coefficient (Wildman–Crippen LogP) is 3.58. The highest BCUT2D eigenvalue weighted by atomic mass is 127. The molecule has 1 fully saturated rings. The van der Waals surface area contributed by atoms with Crippen LogP contribution in [-0.2, 0) is 6.54 Å². The third kappa shape index (κ3) is 8.57. The number of guanidine groups is 1. The van der Waals surface area contributed by atoms with E-state index in [0.29, 0.717) is 0 Å². The first-order valence-electron chi connectivity index (χ1n) is 10.9. The first-order chi connectivity index (χ1) is 14.8. The minimum atomic E-state index is 0. The van der Waals surface area contributed by atoms with Crippen molar-refractivity contribution < 1.29 is 4.74 Å². The van der Waals surface area contributed by atoms with E-state index in [-0.39, 0.29) is 24.0 Å². The van der Waals surface area contributed by atoms with Crippen LogP contribution in [0.3, 0.4) is 0 Å². The molecule has 0 aliphatic carbocycles. The molecule has 0 aromatic heterocycles. The topological polar surface area (TPSA) is 52.1 Å². The number of hydrogen-bond acceptors (Lipinski definition) is 4. The van der Waals surface area contributed by atoms with Gasteiger partial charge in [-0.1, -0.05) is 30.3 Å². The van der Waals surface area contributed by atoms with Gasteiger partial charge in [-0.05, 0) is 49.2 Å². The number of hydrogen-bond donors (Lipinski definition) is 2. The zero-order valence-corrected chi connectivity index (χ0v) is 21.0. The minimum Gasteiger partial charge on any atom is -0.497 e. The van der Waals surface area contributed by atoms with Crippen LogP contribution in [0.5, 0.6) is 5.75 Å². The molecule has 3 rings (SSSR count). The van der Waals surface area contributed by atoms with Crippen molar-refractivity contribution in [3.05, 3.63) is 60.2 Å². The summed E-state index contributed by atoms with van der Waals surface area (Å²) in [6, 6.07) is 18.8. The van der Waals surface area contributed by atoms with E-state index in [1.165, 1.54) is 24.2 Å². The van der Waals surface area contributed by atoms with Gasteiger partial charge in [0.15, 0.2) is 5.96 Å². The molecule has 1 saturated heterocycles. The Kier molecular flexibility index (Phi) is 11.5. The van der Waals surface area contributed by atoms with Gasteiger partial charge in [-0.25, -0.2) is 0 Å². The van der Waals surface area contributed by atoms with Gasteiger partial charge in [0.05, 0.1) is 7.11 Å². The Morgan fingerprint density at radius 1 is 0.968 bits per heavy atom. The number of benzene rings is 2. The Hall–Kier alpha value is -2.00. The Morgan fingerprint density at radius 3 is 2.45 bits per heavy atom. The lowest BCUT2D eigenvalue weighted by atomic mass is 10.2. The Morgan fingerprint density at radius 2 is 1.74 bits per heavy atom. The summed E-state index contributed by atoms with van der Waals surface area (Å²) in [6.07, 6.45) is 2.34. The lowest BCUT2D eigenvalue weighted by Crippen LogP contribution is -2.46. The van der Waals surface area contributed by atoms with Crippen molar-refractivity contribution in [2.45, 2.75) is 19.4 Å².